The first-order chi connectivity index (χ1) is 4.90. The monoisotopic (exact) mass is 675 g/mol. The second kappa shape index (κ2) is 4.71. The van der Waals surface area contributed by atoms with Crippen molar-refractivity contribution in [2.75, 3.05) is 0 Å². The first kappa shape index (κ1) is 10.5. The van der Waals surface area contributed by atoms with E-state index in [0.29, 0.717) is 0 Å². The van der Waals surface area contributed by atoms with E-state index in [1.807, 2.05) is 0 Å². The zero-order chi connectivity index (χ0) is 6.55. The standard InChI is InChI=1S/6S.4Sb. The van der Waals surface area contributed by atoms with Crippen LogP contribution in [0.3, 0.4) is 0 Å². The van der Waals surface area contributed by atoms with Crippen molar-refractivity contribution in [3.63, 3.8) is 0 Å². The molecular weight excluding hydrogens is 679 g/mol. The van der Waals surface area contributed by atoms with E-state index in [-0.39, 0.29) is 0 Å². The summed E-state index contributed by atoms with van der Waals surface area (Å²) >= 11 is -2.23. The molecule has 0 atom stereocenters. The van der Waals surface area contributed by atoms with Crippen molar-refractivity contribution in [1.29, 1.82) is 0 Å². The van der Waals surface area contributed by atoms with Crippen LogP contribution >= 0.6 is 35.6 Å². The number of hydrogen-bond donors (Lipinski definition) is 0. The van der Waals surface area contributed by atoms with Crippen LogP contribution in [0.5, 0.6) is 0 Å². The van der Waals surface area contributed by atoms with Gasteiger partial charge in [-0.2, -0.15) is 0 Å². The fourth-order valence-corrected chi connectivity index (χ4v) is 883. The quantitative estimate of drug-likeness (QED) is 0.359. The van der Waals surface area contributed by atoms with Gasteiger partial charge in [0, 0.05) is 0 Å². The van der Waals surface area contributed by atoms with Crippen molar-refractivity contribution in [2.45, 2.75) is 0 Å². The molecule has 4 saturated heterocycles. The van der Waals surface area contributed by atoms with Crippen LogP contribution in [0.4, 0.5) is 0 Å². The molecule has 0 radical (unpaired) electrons. The molecule has 0 unspecified atom stereocenters. The van der Waals surface area contributed by atoms with Crippen LogP contribution in [0.15, 0.2) is 0 Å². The molecule has 10 heavy (non-hydrogen) atoms. The summed E-state index contributed by atoms with van der Waals surface area (Å²) in [6.07, 6.45) is 0. The van der Waals surface area contributed by atoms with Gasteiger partial charge >= 0.3 is 99.6 Å². The van der Waals surface area contributed by atoms with Crippen LogP contribution in [0.2, 0.25) is 0 Å². The van der Waals surface area contributed by atoms with E-state index in [0.717, 1.165) is 0 Å². The molecular formula is S6Sb4. The molecule has 4 heterocycles. The molecule has 4 aliphatic rings. The third-order valence-electron chi connectivity index (χ3n) is 0.800. The summed E-state index contributed by atoms with van der Waals surface area (Å²) < 4.78 is 0. The summed E-state index contributed by atoms with van der Waals surface area (Å²) in [5, 5.41) is 0. The summed E-state index contributed by atoms with van der Waals surface area (Å²) in [5.74, 6) is 15.6. The molecule has 4 rings (SSSR count). The van der Waals surface area contributed by atoms with Crippen LogP contribution in [0, 0.1) is 0 Å². The number of rotatable bonds is 0. The maximum atomic E-state index is 2.60. The topological polar surface area (TPSA) is 0 Å². The van der Waals surface area contributed by atoms with Crippen LogP contribution in [-0.2, 0) is 0 Å². The van der Waals surface area contributed by atoms with Gasteiger partial charge in [0.1, 0.15) is 0 Å². The third kappa shape index (κ3) is 2.37. The molecule has 0 saturated carbocycles. The zero-order valence-corrected chi connectivity index (χ0v) is 19.3. The van der Waals surface area contributed by atoms with Gasteiger partial charge in [-0.25, -0.2) is 0 Å². The summed E-state index contributed by atoms with van der Waals surface area (Å²) in [5.41, 5.74) is 0. The molecule has 4 bridgehead atoms. The molecule has 0 amide bonds. The van der Waals surface area contributed by atoms with E-state index >= 15 is 0 Å². The predicted octanol–water partition coefficient (Wildman–Crippen LogP) is 2.37. The minimum absolute atomic E-state index is 0.556. The Balaban J connectivity index is 1.90. The van der Waals surface area contributed by atoms with Crippen LogP contribution < -0.4 is 0 Å². The van der Waals surface area contributed by atoms with Gasteiger partial charge in [-0.1, -0.05) is 0 Å². The van der Waals surface area contributed by atoms with E-state index in [9.17, 15) is 0 Å². The van der Waals surface area contributed by atoms with Crippen molar-refractivity contribution in [1.82, 2.24) is 0 Å². The van der Waals surface area contributed by atoms with Crippen molar-refractivity contribution < 1.29 is 0 Å². The molecule has 0 nitrogen and oxygen atoms in total. The Morgan fingerprint density at radius 2 is 0.600 bits per heavy atom. The Morgan fingerprint density at radius 1 is 0.400 bits per heavy atom. The van der Waals surface area contributed by atoms with E-state index in [4.69, 9.17) is 0 Å². The van der Waals surface area contributed by atoms with E-state index in [1.54, 1.807) is 0 Å². The van der Waals surface area contributed by atoms with Gasteiger partial charge in [-0.05, 0) is 0 Å². The Hall–Kier alpha value is 5.37. The Labute approximate surface area is 95.8 Å². The first-order valence-corrected chi connectivity index (χ1v) is 44.1. The SMILES string of the molecule is [S]1[Sb]2[S][Sb]3[S][Sb]1[S][Sb]([S]2)[S]3. The second-order valence-electron chi connectivity index (χ2n) is 1.38. The van der Waals surface area contributed by atoms with Crippen LogP contribution in [-0.4, -0.2) is 64.0 Å². The zero-order valence-electron chi connectivity index (χ0n) is 4.24. The van der Waals surface area contributed by atoms with E-state index in [1.165, 1.54) is 0 Å². The van der Waals surface area contributed by atoms with Gasteiger partial charge in [0.05, 0.1) is 0 Å². The van der Waals surface area contributed by atoms with Gasteiger partial charge in [-0.15, -0.1) is 0 Å². The molecule has 0 aromatic carbocycles. The fourth-order valence-electron chi connectivity index (χ4n) is 0.505. The second-order valence-corrected chi connectivity index (χ2v) is 120. The third-order valence-corrected chi connectivity index (χ3v) is 324. The molecule has 4 fully saturated rings. The average Bonchev–Trinajstić information content (AvgIpc) is 1.82. The van der Waals surface area contributed by atoms with Crippen molar-refractivity contribution in [3.8, 4) is 0 Å². The minimum atomic E-state index is -0.556. The molecule has 56 valence electrons. The Kier molecular flexibility index (Phi) is 4.95. The molecule has 0 aliphatic carbocycles. The van der Waals surface area contributed by atoms with Gasteiger partial charge in [0.25, 0.3) is 0 Å². The maximum absolute atomic E-state index is 2.60. The van der Waals surface area contributed by atoms with E-state index in [2.05, 4.69) is 35.6 Å². The Morgan fingerprint density at radius 3 is 0.800 bits per heavy atom. The van der Waals surface area contributed by atoms with Gasteiger partial charge in [0.15, 0.2) is 0 Å². The van der Waals surface area contributed by atoms with Crippen LogP contribution in [0.1, 0.15) is 0 Å². The molecule has 0 N–H and O–H groups in total. The molecule has 0 aromatic rings. The molecule has 0 spiro atoms. The van der Waals surface area contributed by atoms with Gasteiger partial charge < -0.3 is 0 Å². The van der Waals surface area contributed by atoms with Crippen molar-refractivity contribution in [2.24, 2.45) is 0 Å². The Bertz CT molecular complexity index is 101. The van der Waals surface area contributed by atoms with E-state index < -0.39 is 64.0 Å². The summed E-state index contributed by atoms with van der Waals surface area (Å²) in [7, 11) is 0. The van der Waals surface area contributed by atoms with Crippen molar-refractivity contribution in [3.05, 3.63) is 0 Å². The predicted molar refractivity (Wildman–Crippen MR) is 68.6 cm³/mol. The normalized spacial score (nSPS) is 36.0. The van der Waals surface area contributed by atoms with Gasteiger partial charge in [0.2, 0.25) is 0 Å². The first-order valence-electron chi connectivity index (χ1n) is 2.19. The average molecular weight is 679 g/mol. The van der Waals surface area contributed by atoms with Crippen molar-refractivity contribution >= 4 is 99.6 Å². The fraction of sp³-hybridized carbons (Fsp3) is 0. The summed E-state index contributed by atoms with van der Waals surface area (Å²) in [4.78, 5) is 0. The molecule has 0 aromatic heterocycles. The number of hydrogen-bond acceptors (Lipinski definition) is 6. The van der Waals surface area contributed by atoms with Crippen LogP contribution in [0.25, 0.3) is 0 Å². The molecule has 4 aliphatic heterocycles. The molecule has 10 heteroatoms. The summed E-state index contributed by atoms with van der Waals surface area (Å²) in [6, 6.07) is 0. The van der Waals surface area contributed by atoms with Gasteiger partial charge in [-0.3, -0.25) is 0 Å². The summed E-state index contributed by atoms with van der Waals surface area (Å²) in [6.45, 7) is 0.